The molecule has 1 amide bonds. The van der Waals surface area contributed by atoms with E-state index in [1.165, 1.54) is 31.3 Å². The zero-order chi connectivity index (χ0) is 12.8. The van der Waals surface area contributed by atoms with Crippen LogP contribution < -0.4 is 5.32 Å². The van der Waals surface area contributed by atoms with Crippen molar-refractivity contribution in [2.45, 2.75) is 44.6 Å². The summed E-state index contributed by atoms with van der Waals surface area (Å²) in [6, 6.07) is 0. The molecule has 0 bridgehead atoms. The third kappa shape index (κ3) is 4.42. The molecule has 0 saturated carbocycles. The summed E-state index contributed by atoms with van der Waals surface area (Å²) in [4.78, 5) is 13.7. The van der Waals surface area contributed by atoms with Gasteiger partial charge in [0.15, 0.2) is 0 Å². The summed E-state index contributed by atoms with van der Waals surface area (Å²) in [7, 11) is 0. The van der Waals surface area contributed by atoms with Crippen molar-refractivity contribution in [1.29, 1.82) is 0 Å². The van der Waals surface area contributed by atoms with Gasteiger partial charge in [-0.15, -0.1) is 0 Å². The van der Waals surface area contributed by atoms with Gasteiger partial charge in [0, 0.05) is 19.6 Å². The molecule has 2 rings (SSSR count). The highest BCUT2D eigenvalue weighted by atomic mass is 16.3. The summed E-state index contributed by atoms with van der Waals surface area (Å²) >= 11 is 0. The maximum atomic E-state index is 11.7. The minimum absolute atomic E-state index is 0.0838. The number of β-amino-alcohol motifs (C(OH)–C–C–N with tert-alkyl or cyclic N) is 1. The fourth-order valence-electron chi connectivity index (χ4n) is 2.71. The Balaban J connectivity index is 1.58. The molecule has 0 unspecified atom stereocenters. The molecule has 1 aliphatic carbocycles. The number of carbonyl (C=O) groups excluding carboxylic acids is 1. The van der Waals surface area contributed by atoms with Gasteiger partial charge in [0.1, 0.15) is 0 Å². The summed E-state index contributed by atoms with van der Waals surface area (Å²) in [5.41, 5.74) is 1.50. The van der Waals surface area contributed by atoms with E-state index in [4.69, 9.17) is 0 Å². The zero-order valence-corrected chi connectivity index (χ0v) is 11.0. The van der Waals surface area contributed by atoms with Crippen LogP contribution in [0.3, 0.4) is 0 Å². The van der Waals surface area contributed by atoms with Crippen molar-refractivity contribution < 1.29 is 9.90 Å². The van der Waals surface area contributed by atoms with E-state index in [0.717, 1.165) is 25.9 Å². The number of nitrogens with zero attached hydrogens (tertiary/aromatic N) is 1. The lowest BCUT2D eigenvalue weighted by Crippen LogP contribution is -2.36. The number of amides is 1. The number of aliphatic hydroxyl groups excluding tert-OH is 1. The second kappa shape index (κ2) is 6.90. The van der Waals surface area contributed by atoms with Gasteiger partial charge in [-0.3, -0.25) is 9.69 Å². The van der Waals surface area contributed by atoms with Gasteiger partial charge in [0.05, 0.1) is 12.6 Å². The maximum Gasteiger partial charge on any atom is 0.234 e. The van der Waals surface area contributed by atoms with E-state index in [9.17, 15) is 9.90 Å². The van der Waals surface area contributed by atoms with Crippen molar-refractivity contribution in [1.82, 2.24) is 10.2 Å². The standard InChI is InChI=1S/C14H24N2O2/c17-13-7-9-16(10-13)11-14(18)15-8-6-12-4-2-1-3-5-12/h4,13,17H,1-3,5-11H2,(H,15,18)/t13-/m1/s1. The van der Waals surface area contributed by atoms with Crippen LogP contribution in [0.4, 0.5) is 0 Å². The van der Waals surface area contributed by atoms with E-state index in [-0.39, 0.29) is 12.0 Å². The molecule has 2 aliphatic rings. The minimum Gasteiger partial charge on any atom is -0.392 e. The minimum atomic E-state index is -0.245. The Hall–Kier alpha value is -0.870. The predicted molar refractivity (Wildman–Crippen MR) is 71.2 cm³/mol. The number of hydrogen-bond acceptors (Lipinski definition) is 3. The Kier molecular flexibility index (Phi) is 5.20. The molecule has 2 N–H and O–H groups in total. The van der Waals surface area contributed by atoms with Gasteiger partial charge in [-0.25, -0.2) is 0 Å². The zero-order valence-electron chi connectivity index (χ0n) is 11.0. The Morgan fingerprint density at radius 2 is 2.39 bits per heavy atom. The lowest BCUT2D eigenvalue weighted by Gasteiger charge is -2.16. The van der Waals surface area contributed by atoms with E-state index in [0.29, 0.717) is 13.1 Å². The second-order valence-corrected chi connectivity index (χ2v) is 5.39. The molecule has 1 aliphatic heterocycles. The maximum absolute atomic E-state index is 11.7. The molecule has 0 spiro atoms. The average molecular weight is 252 g/mol. The third-order valence-corrected chi connectivity index (χ3v) is 3.77. The Morgan fingerprint density at radius 1 is 1.50 bits per heavy atom. The number of allylic oxidation sites excluding steroid dienone is 1. The van der Waals surface area contributed by atoms with Crippen LogP contribution in [0, 0.1) is 0 Å². The van der Waals surface area contributed by atoms with Crippen LogP contribution in [-0.4, -0.2) is 48.2 Å². The molecule has 18 heavy (non-hydrogen) atoms. The summed E-state index contributed by atoms with van der Waals surface area (Å²) in [6.07, 6.45) is 8.88. The van der Waals surface area contributed by atoms with E-state index in [1.54, 1.807) is 0 Å². The first kappa shape index (κ1) is 13.6. The predicted octanol–water partition coefficient (Wildman–Crippen LogP) is 1.06. The lowest BCUT2D eigenvalue weighted by molar-refractivity contribution is -0.122. The first-order valence-electron chi connectivity index (χ1n) is 7.09. The number of likely N-dealkylation sites (tertiary alicyclic amines) is 1. The third-order valence-electron chi connectivity index (χ3n) is 3.77. The number of nitrogens with one attached hydrogen (secondary N) is 1. The van der Waals surface area contributed by atoms with E-state index >= 15 is 0 Å². The quantitative estimate of drug-likeness (QED) is 0.719. The first-order chi connectivity index (χ1) is 8.74. The van der Waals surface area contributed by atoms with Crippen LogP contribution >= 0.6 is 0 Å². The Bertz CT molecular complexity index is 315. The summed E-state index contributed by atoms with van der Waals surface area (Å²) < 4.78 is 0. The van der Waals surface area contributed by atoms with Crippen molar-refractivity contribution in [2.75, 3.05) is 26.2 Å². The van der Waals surface area contributed by atoms with E-state index < -0.39 is 0 Å². The fraction of sp³-hybridized carbons (Fsp3) is 0.786. The number of rotatable bonds is 5. The topological polar surface area (TPSA) is 52.6 Å². The summed E-state index contributed by atoms with van der Waals surface area (Å²) in [5.74, 6) is 0.0838. The highest BCUT2D eigenvalue weighted by molar-refractivity contribution is 5.78. The summed E-state index contributed by atoms with van der Waals surface area (Å²) in [6.45, 7) is 2.65. The van der Waals surface area contributed by atoms with E-state index in [1.807, 2.05) is 4.90 Å². The Labute approximate surface area is 109 Å². The lowest BCUT2D eigenvalue weighted by atomic mass is 9.97. The van der Waals surface area contributed by atoms with Crippen LogP contribution in [0.25, 0.3) is 0 Å². The van der Waals surface area contributed by atoms with Crippen molar-refractivity contribution in [3.8, 4) is 0 Å². The molecule has 1 saturated heterocycles. The smallest absolute Gasteiger partial charge is 0.234 e. The first-order valence-corrected chi connectivity index (χ1v) is 7.09. The fourth-order valence-corrected chi connectivity index (χ4v) is 2.71. The molecule has 0 aromatic carbocycles. The van der Waals surface area contributed by atoms with Gasteiger partial charge >= 0.3 is 0 Å². The van der Waals surface area contributed by atoms with Crippen molar-refractivity contribution in [3.05, 3.63) is 11.6 Å². The van der Waals surface area contributed by atoms with Crippen LogP contribution in [0.2, 0.25) is 0 Å². The average Bonchev–Trinajstić information content (AvgIpc) is 2.76. The van der Waals surface area contributed by atoms with Crippen LogP contribution in [0.1, 0.15) is 38.5 Å². The van der Waals surface area contributed by atoms with E-state index in [2.05, 4.69) is 11.4 Å². The molecular formula is C14H24N2O2. The molecule has 4 nitrogen and oxygen atoms in total. The molecule has 1 atom stereocenters. The second-order valence-electron chi connectivity index (χ2n) is 5.39. The van der Waals surface area contributed by atoms with Crippen molar-refractivity contribution in [2.24, 2.45) is 0 Å². The van der Waals surface area contributed by atoms with Gasteiger partial charge in [-0.2, -0.15) is 0 Å². The molecule has 4 heteroatoms. The molecule has 1 fully saturated rings. The number of carbonyl (C=O) groups is 1. The van der Waals surface area contributed by atoms with Gasteiger partial charge in [0.25, 0.3) is 0 Å². The normalized spacial score (nSPS) is 24.9. The van der Waals surface area contributed by atoms with Gasteiger partial charge < -0.3 is 10.4 Å². The van der Waals surface area contributed by atoms with Crippen LogP contribution in [0.5, 0.6) is 0 Å². The number of aliphatic hydroxyl groups is 1. The highest BCUT2D eigenvalue weighted by Gasteiger charge is 2.21. The molecule has 0 radical (unpaired) electrons. The number of hydrogen-bond donors (Lipinski definition) is 2. The molecule has 0 aromatic rings. The van der Waals surface area contributed by atoms with Gasteiger partial charge in [-0.05, 0) is 38.5 Å². The molecular weight excluding hydrogens is 228 g/mol. The van der Waals surface area contributed by atoms with Crippen LogP contribution in [-0.2, 0) is 4.79 Å². The Morgan fingerprint density at radius 3 is 3.06 bits per heavy atom. The van der Waals surface area contributed by atoms with Crippen LogP contribution in [0.15, 0.2) is 11.6 Å². The largest absolute Gasteiger partial charge is 0.392 e. The van der Waals surface area contributed by atoms with Gasteiger partial charge in [0.2, 0.25) is 5.91 Å². The van der Waals surface area contributed by atoms with Crippen molar-refractivity contribution in [3.63, 3.8) is 0 Å². The molecule has 1 heterocycles. The summed E-state index contributed by atoms with van der Waals surface area (Å²) in [5, 5.41) is 12.3. The van der Waals surface area contributed by atoms with Gasteiger partial charge in [-0.1, -0.05) is 11.6 Å². The monoisotopic (exact) mass is 252 g/mol. The highest BCUT2D eigenvalue weighted by Crippen LogP contribution is 2.19. The molecule has 0 aromatic heterocycles. The SMILES string of the molecule is O=C(CN1CC[C@@H](O)C1)NCCC1=CCCCC1. The van der Waals surface area contributed by atoms with Crippen molar-refractivity contribution >= 4 is 5.91 Å². The molecule has 102 valence electrons.